The molecule has 0 bridgehead atoms. The first kappa shape index (κ1) is 20.8. The maximum Gasteiger partial charge on any atom is 0.0430 e. The van der Waals surface area contributed by atoms with Crippen molar-refractivity contribution in [2.75, 3.05) is 0 Å². The van der Waals surface area contributed by atoms with Crippen molar-refractivity contribution in [3.63, 3.8) is 0 Å². The van der Waals surface area contributed by atoms with Gasteiger partial charge >= 0.3 is 0 Å². The van der Waals surface area contributed by atoms with E-state index in [0.717, 1.165) is 6.42 Å². The molecule has 0 saturated heterocycles. The van der Waals surface area contributed by atoms with Crippen LogP contribution in [0.5, 0.6) is 0 Å². The van der Waals surface area contributed by atoms with Gasteiger partial charge in [0.2, 0.25) is 0 Å². The first-order chi connectivity index (χ1) is 17.9. The second-order valence-electron chi connectivity index (χ2n) is 11.4. The molecule has 0 aliphatic carbocycles. The van der Waals surface area contributed by atoms with Gasteiger partial charge in [0.15, 0.2) is 0 Å². The van der Waals surface area contributed by atoms with Crippen molar-refractivity contribution in [1.82, 2.24) is 0 Å². The van der Waals surface area contributed by atoms with Gasteiger partial charge in [-0.25, -0.2) is 0 Å². The largest absolute Gasteiger partial charge is 0.140 e. The molecule has 9 rings (SSSR count). The Morgan fingerprint density at radius 3 is 1.41 bits per heavy atom. The Balaban J connectivity index is 1.83. The average Bonchev–Trinajstić information content (AvgIpc) is 3.46. The highest BCUT2D eigenvalue weighted by Crippen LogP contribution is 2.56. The van der Waals surface area contributed by atoms with Gasteiger partial charge in [0.1, 0.15) is 0 Å². The molecular weight excluding hydrogens is 485 g/mol. The fraction of sp³-hybridized carbons (Fsp3) is 0.200. The molecule has 0 aliphatic heterocycles. The summed E-state index contributed by atoms with van der Waals surface area (Å²) in [4.78, 5) is 2.80. The summed E-state index contributed by atoms with van der Waals surface area (Å²) >= 11 is 3.94. The van der Waals surface area contributed by atoms with Crippen LogP contribution in [-0.4, -0.2) is 0 Å². The molecule has 2 heterocycles. The molecule has 0 aliphatic rings. The van der Waals surface area contributed by atoms with E-state index < -0.39 is 0 Å². The zero-order valence-corrected chi connectivity index (χ0v) is 23.6. The molecule has 9 aromatic rings. The Labute approximate surface area is 223 Å². The van der Waals surface area contributed by atoms with Crippen molar-refractivity contribution in [1.29, 1.82) is 0 Å². The van der Waals surface area contributed by atoms with Gasteiger partial charge in [-0.1, -0.05) is 19.1 Å². The van der Waals surface area contributed by atoms with Crippen molar-refractivity contribution in [3.05, 3.63) is 68.4 Å². The van der Waals surface area contributed by atoms with Gasteiger partial charge in [0, 0.05) is 51.5 Å². The van der Waals surface area contributed by atoms with Gasteiger partial charge in [-0.2, -0.15) is 0 Å². The molecule has 0 fully saturated rings. The first-order valence-corrected chi connectivity index (χ1v) is 15.0. The van der Waals surface area contributed by atoms with Gasteiger partial charge in [-0.3, -0.25) is 0 Å². The quantitative estimate of drug-likeness (QED) is 0.152. The van der Waals surface area contributed by atoms with E-state index in [1.165, 1.54) is 117 Å². The lowest BCUT2D eigenvalue weighted by molar-refractivity contribution is 1.16. The van der Waals surface area contributed by atoms with E-state index in [4.69, 9.17) is 0 Å². The normalized spacial score (nSPS) is 13.2. The molecule has 0 N–H and O–H groups in total. The Morgan fingerprint density at radius 2 is 0.865 bits per heavy atom. The summed E-state index contributed by atoms with van der Waals surface area (Å²) in [6.45, 7) is 13.9. The number of rotatable bonds is 1. The van der Waals surface area contributed by atoms with Crippen LogP contribution in [0.4, 0.5) is 0 Å². The topological polar surface area (TPSA) is 0 Å². The predicted molar refractivity (Wildman–Crippen MR) is 169 cm³/mol. The molecule has 0 nitrogen and oxygen atoms in total. The number of hydrogen-bond donors (Lipinski definition) is 0. The van der Waals surface area contributed by atoms with Crippen LogP contribution in [0.2, 0.25) is 0 Å². The Kier molecular flexibility index (Phi) is 3.62. The lowest BCUT2D eigenvalue weighted by Crippen LogP contribution is -1.99. The van der Waals surface area contributed by atoms with Crippen LogP contribution in [0, 0.1) is 34.6 Å². The number of fused-ring (bicyclic) bond motifs is 6. The maximum absolute atomic E-state index is 2.55. The van der Waals surface area contributed by atoms with Crippen LogP contribution < -0.4 is 0 Å². The van der Waals surface area contributed by atoms with Crippen LogP contribution in [0.3, 0.4) is 0 Å². The number of thiophene rings is 2. The van der Waals surface area contributed by atoms with E-state index in [1.807, 2.05) is 22.7 Å². The molecule has 2 aromatic heterocycles. The highest BCUT2D eigenvalue weighted by atomic mass is 32.1. The smallest absolute Gasteiger partial charge is 0.0430 e. The maximum atomic E-state index is 2.55. The van der Waals surface area contributed by atoms with E-state index in [1.54, 1.807) is 0 Å². The van der Waals surface area contributed by atoms with Crippen molar-refractivity contribution in [3.8, 4) is 0 Å². The number of hydrogen-bond acceptors (Lipinski definition) is 2. The Bertz CT molecular complexity index is 2370. The van der Waals surface area contributed by atoms with E-state index in [-0.39, 0.29) is 0 Å². The highest BCUT2D eigenvalue weighted by Gasteiger charge is 2.27. The van der Waals surface area contributed by atoms with Crippen LogP contribution in [0.1, 0.15) is 38.9 Å². The second kappa shape index (κ2) is 6.43. The third kappa shape index (κ3) is 2.20. The number of benzene rings is 7. The van der Waals surface area contributed by atoms with Crippen molar-refractivity contribution >= 4 is 107 Å². The minimum atomic E-state index is 1.05. The Hall–Kier alpha value is -3.20. The minimum absolute atomic E-state index is 1.05. The zero-order valence-electron chi connectivity index (χ0n) is 22.0. The van der Waals surface area contributed by atoms with Crippen LogP contribution in [-0.2, 0) is 6.42 Å². The fourth-order valence-corrected chi connectivity index (χ4v) is 10.0. The molecule has 7 aromatic carbocycles. The molecule has 178 valence electrons. The van der Waals surface area contributed by atoms with E-state index in [2.05, 4.69) is 77.9 Å². The SMILES string of the molecule is CCc1cc2c3sc(C)cc3c3cc(C)c4c(C)cc5c6sc(C)cc6c6cc(C)c1c1c6c5c4c3c21. The average molecular weight is 511 g/mol. The summed E-state index contributed by atoms with van der Waals surface area (Å²) in [5, 5.41) is 20.6. The summed E-state index contributed by atoms with van der Waals surface area (Å²) in [6.07, 6.45) is 1.05. The van der Waals surface area contributed by atoms with Crippen molar-refractivity contribution in [2.45, 2.75) is 48.0 Å². The fourth-order valence-electron chi connectivity index (χ4n) is 7.94. The van der Waals surface area contributed by atoms with E-state index in [9.17, 15) is 0 Å². The van der Waals surface area contributed by atoms with Crippen molar-refractivity contribution in [2.24, 2.45) is 0 Å². The molecule has 0 amide bonds. The first-order valence-electron chi connectivity index (χ1n) is 13.3. The summed E-state index contributed by atoms with van der Waals surface area (Å²) in [5.74, 6) is 0. The summed E-state index contributed by atoms with van der Waals surface area (Å²) < 4.78 is 2.92. The molecule has 0 unspecified atom stereocenters. The number of aryl methyl sites for hydroxylation is 6. The van der Waals surface area contributed by atoms with Crippen LogP contribution in [0.15, 0.2) is 36.4 Å². The summed E-state index contributed by atoms with van der Waals surface area (Å²) in [7, 11) is 0. The third-order valence-corrected chi connectivity index (χ3v) is 11.3. The summed E-state index contributed by atoms with van der Waals surface area (Å²) in [6, 6.07) is 14.9. The molecule has 0 radical (unpaired) electrons. The van der Waals surface area contributed by atoms with Gasteiger partial charge < -0.3 is 0 Å². The molecule has 2 heteroatoms. The standard InChI is InChI=1S/C35H26S2/c1-7-19-13-25-31-28-20(23-12-18(6)37-35(23)25)8-14(2)26-15(3)10-24-30(32(26)28)29-21(9-16(4)27(19)33(29)31)22-11-17(5)36-34(22)24/h8-13H,7H2,1-6H3. The molecule has 0 spiro atoms. The Morgan fingerprint density at radius 1 is 0.432 bits per heavy atom. The molecular formula is C35H26S2. The van der Waals surface area contributed by atoms with Crippen molar-refractivity contribution < 1.29 is 0 Å². The lowest BCUT2D eigenvalue weighted by atomic mass is 9.78. The molecule has 0 atom stereocenters. The molecule has 0 saturated carbocycles. The monoisotopic (exact) mass is 510 g/mol. The lowest BCUT2D eigenvalue weighted by Gasteiger charge is -2.25. The van der Waals surface area contributed by atoms with Gasteiger partial charge in [-0.15, -0.1) is 22.7 Å². The van der Waals surface area contributed by atoms with E-state index in [0.29, 0.717) is 0 Å². The minimum Gasteiger partial charge on any atom is -0.140 e. The molecule has 37 heavy (non-hydrogen) atoms. The van der Waals surface area contributed by atoms with Crippen LogP contribution in [0.25, 0.3) is 84.8 Å². The summed E-state index contributed by atoms with van der Waals surface area (Å²) in [5.41, 5.74) is 5.71. The predicted octanol–water partition coefficient (Wildman–Crippen LogP) is 11.5. The third-order valence-electron chi connectivity index (χ3n) is 9.14. The van der Waals surface area contributed by atoms with Gasteiger partial charge in [-0.05, 0) is 131 Å². The van der Waals surface area contributed by atoms with Gasteiger partial charge in [0.05, 0.1) is 0 Å². The van der Waals surface area contributed by atoms with Crippen LogP contribution >= 0.6 is 22.7 Å². The van der Waals surface area contributed by atoms with Gasteiger partial charge in [0.25, 0.3) is 0 Å². The zero-order chi connectivity index (χ0) is 25.1. The van der Waals surface area contributed by atoms with E-state index >= 15 is 0 Å². The second-order valence-corrected chi connectivity index (χ2v) is 13.9. The highest BCUT2D eigenvalue weighted by molar-refractivity contribution is 7.20.